The number of hydrogen-bond donors (Lipinski definition) is 1. The molecule has 1 aromatic rings. The molecule has 2 heterocycles. The minimum Gasteiger partial charge on any atom is -0.316 e. The van der Waals surface area contributed by atoms with Crippen LogP contribution < -0.4 is 5.32 Å². The van der Waals surface area contributed by atoms with E-state index in [2.05, 4.69) is 29.8 Å². The van der Waals surface area contributed by atoms with Gasteiger partial charge in [-0.25, -0.2) is 0 Å². The van der Waals surface area contributed by atoms with Crippen LogP contribution >= 0.6 is 11.3 Å². The van der Waals surface area contributed by atoms with Gasteiger partial charge in [-0.2, -0.15) is 0 Å². The molecule has 0 aromatic carbocycles. The molecule has 1 N–H and O–H groups in total. The highest BCUT2D eigenvalue weighted by atomic mass is 32.1. The van der Waals surface area contributed by atoms with E-state index in [1.807, 2.05) is 11.3 Å². The van der Waals surface area contributed by atoms with Gasteiger partial charge in [0.15, 0.2) is 0 Å². The maximum absolute atomic E-state index is 3.48. The maximum atomic E-state index is 3.48. The van der Waals surface area contributed by atoms with Crippen molar-refractivity contribution in [3.05, 3.63) is 22.4 Å². The minimum atomic E-state index is 0.743. The number of thiophene rings is 1. The average Bonchev–Trinajstić information content (AvgIpc) is 2.71. The van der Waals surface area contributed by atoms with Gasteiger partial charge in [0.2, 0.25) is 0 Å². The van der Waals surface area contributed by atoms with Crippen LogP contribution in [0, 0.1) is 5.92 Å². The van der Waals surface area contributed by atoms with E-state index in [-0.39, 0.29) is 0 Å². The first-order valence-corrected chi connectivity index (χ1v) is 6.00. The Kier molecular flexibility index (Phi) is 3.01. The molecule has 13 heavy (non-hydrogen) atoms. The zero-order valence-corrected chi connectivity index (χ0v) is 8.94. The Hall–Kier alpha value is -0.340. The molecule has 72 valence electrons. The topological polar surface area (TPSA) is 12.0 Å². The largest absolute Gasteiger partial charge is 0.316 e. The molecule has 2 rings (SSSR count). The summed E-state index contributed by atoms with van der Waals surface area (Å²) >= 11 is 1.90. The first kappa shape index (κ1) is 9.22. The second kappa shape index (κ2) is 4.25. The predicted octanol–water partition coefficient (Wildman–Crippen LogP) is 2.85. The van der Waals surface area contributed by atoms with E-state index < -0.39 is 0 Å². The van der Waals surface area contributed by atoms with Gasteiger partial charge in [-0.15, -0.1) is 11.3 Å². The highest BCUT2D eigenvalue weighted by Crippen LogP contribution is 2.31. The highest BCUT2D eigenvalue weighted by Gasteiger charge is 2.21. The first-order valence-electron chi connectivity index (χ1n) is 5.12. The van der Waals surface area contributed by atoms with Gasteiger partial charge in [-0.3, -0.25) is 0 Å². The smallest absolute Gasteiger partial charge is 0.00766 e. The third-order valence-corrected chi connectivity index (χ3v) is 4.11. The van der Waals surface area contributed by atoms with Crippen molar-refractivity contribution >= 4 is 11.3 Å². The molecule has 0 saturated carbocycles. The summed E-state index contributed by atoms with van der Waals surface area (Å²) in [5.74, 6) is 1.60. The SMILES string of the molecule is CC(c1cccs1)C1CCCNC1. The third-order valence-electron chi connectivity index (χ3n) is 3.03. The van der Waals surface area contributed by atoms with Crippen LogP contribution in [0.25, 0.3) is 0 Å². The van der Waals surface area contributed by atoms with Crippen LogP contribution in [0.3, 0.4) is 0 Å². The van der Waals surface area contributed by atoms with Crippen LogP contribution in [0.1, 0.15) is 30.6 Å². The molecule has 1 nitrogen and oxygen atoms in total. The lowest BCUT2D eigenvalue weighted by molar-refractivity contribution is 0.337. The van der Waals surface area contributed by atoms with Crippen molar-refractivity contribution in [3.8, 4) is 0 Å². The van der Waals surface area contributed by atoms with E-state index in [1.165, 1.54) is 25.9 Å². The van der Waals surface area contributed by atoms with E-state index in [4.69, 9.17) is 0 Å². The summed E-state index contributed by atoms with van der Waals surface area (Å²) in [6.07, 6.45) is 2.74. The van der Waals surface area contributed by atoms with Crippen LogP contribution in [0.15, 0.2) is 17.5 Å². The summed E-state index contributed by atoms with van der Waals surface area (Å²) in [6, 6.07) is 4.43. The van der Waals surface area contributed by atoms with E-state index in [0.29, 0.717) is 0 Å². The van der Waals surface area contributed by atoms with Crippen molar-refractivity contribution in [1.82, 2.24) is 5.32 Å². The van der Waals surface area contributed by atoms with E-state index in [1.54, 1.807) is 4.88 Å². The molecular formula is C11H17NS. The summed E-state index contributed by atoms with van der Waals surface area (Å²) in [5, 5.41) is 5.66. The van der Waals surface area contributed by atoms with Crippen molar-refractivity contribution in [1.29, 1.82) is 0 Å². The van der Waals surface area contributed by atoms with Gasteiger partial charge in [0.1, 0.15) is 0 Å². The molecule has 2 heteroatoms. The lowest BCUT2D eigenvalue weighted by Crippen LogP contribution is -2.32. The third kappa shape index (κ3) is 2.12. The molecule has 0 aliphatic carbocycles. The maximum Gasteiger partial charge on any atom is 0.00766 e. The molecule has 1 aliphatic heterocycles. The van der Waals surface area contributed by atoms with Crippen molar-refractivity contribution in [3.63, 3.8) is 0 Å². The summed E-state index contributed by atoms with van der Waals surface area (Å²) in [4.78, 5) is 1.55. The molecule has 1 saturated heterocycles. The van der Waals surface area contributed by atoms with Gasteiger partial charge in [-0.05, 0) is 49.2 Å². The fraction of sp³-hybridized carbons (Fsp3) is 0.636. The van der Waals surface area contributed by atoms with Crippen LogP contribution in [0.5, 0.6) is 0 Å². The zero-order chi connectivity index (χ0) is 9.10. The zero-order valence-electron chi connectivity index (χ0n) is 8.12. The Balaban J connectivity index is 1.99. The Morgan fingerprint density at radius 2 is 2.54 bits per heavy atom. The molecule has 2 unspecified atom stereocenters. The van der Waals surface area contributed by atoms with Gasteiger partial charge in [0.25, 0.3) is 0 Å². The van der Waals surface area contributed by atoms with Crippen molar-refractivity contribution < 1.29 is 0 Å². The number of piperidine rings is 1. The normalized spacial score (nSPS) is 25.8. The molecular weight excluding hydrogens is 178 g/mol. The molecule has 0 amide bonds. The van der Waals surface area contributed by atoms with Gasteiger partial charge >= 0.3 is 0 Å². The van der Waals surface area contributed by atoms with Crippen molar-refractivity contribution in [2.75, 3.05) is 13.1 Å². The van der Waals surface area contributed by atoms with Gasteiger partial charge in [0.05, 0.1) is 0 Å². The molecule has 1 aliphatic rings. The molecule has 0 radical (unpaired) electrons. The number of hydrogen-bond acceptors (Lipinski definition) is 2. The fourth-order valence-corrected chi connectivity index (χ4v) is 2.97. The van der Waals surface area contributed by atoms with Crippen molar-refractivity contribution in [2.45, 2.75) is 25.7 Å². The Morgan fingerprint density at radius 1 is 1.62 bits per heavy atom. The summed E-state index contributed by atoms with van der Waals surface area (Å²) in [6.45, 7) is 4.79. The minimum absolute atomic E-state index is 0.743. The first-order chi connectivity index (χ1) is 6.38. The molecule has 1 fully saturated rings. The van der Waals surface area contributed by atoms with E-state index in [9.17, 15) is 0 Å². The second-order valence-electron chi connectivity index (χ2n) is 3.91. The Bertz CT molecular complexity index is 237. The van der Waals surface area contributed by atoms with Crippen LogP contribution in [0.2, 0.25) is 0 Å². The molecule has 2 atom stereocenters. The Morgan fingerprint density at radius 3 is 3.15 bits per heavy atom. The molecule has 0 spiro atoms. The number of nitrogens with one attached hydrogen (secondary N) is 1. The van der Waals surface area contributed by atoms with E-state index >= 15 is 0 Å². The van der Waals surface area contributed by atoms with Crippen LogP contribution in [0.4, 0.5) is 0 Å². The molecule has 0 bridgehead atoms. The van der Waals surface area contributed by atoms with Crippen molar-refractivity contribution in [2.24, 2.45) is 5.92 Å². The van der Waals surface area contributed by atoms with Gasteiger partial charge < -0.3 is 5.32 Å². The molecule has 1 aromatic heterocycles. The lowest BCUT2D eigenvalue weighted by Gasteiger charge is -2.27. The van der Waals surface area contributed by atoms with Crippen LogP contribution in [-0.4, -0.2) is 13.1 Å². The van der Waals surface area contributed by atoms with Gasteiger partial charge in [0, 0.05) is 4.88 Å². The quantitative estimate of drug-likeness (QED) is 0.765. The van der Waals surface area contributed by atoms with E-state index in [0.717, 1.165) is 11.8 Å². The number of rotatable bonds is 2. The Labute approximate surface area is 84.2 Å². The van der Waals surface area contributed by atoms with Crippen LogP contribution in [-0.2, 0) is 0 Å². The summed E-state index contributed by atoms with van der Waals surface area (Å²) in [7, 11) is 0. The fourth-order valence-electron chi connectivity index (χ4n) is 2.09. The summed E-state index contributed by atoms with van der Waals surface area (Å²) < 4.78 is 0. The monoisotopic (exact) mass is 195 g/mol. The van der Waals surface area contributed by atoms with Gasteiger partial charge in [-0.1, -0.05) is 13.0 Å². The second-order valence-corrected chi connectivity index (χ2v) is 4.89. The highest BCUT2D eigenvalue weighted by molar-refractivity contribution is 7.10. The summed E-state index contributed by atoms with van der Waals surface area (Å²) in [5.41, 5.74) is 0. The average molecular weight is 195 g/mol. The lowest BCUT2D eigenvalue weighted by atomic mass is 9.86. The standard InChI is InChI=1S/C11H17NS/c1-9(11-5-3-7-13-11)10-4-2-6-12-8-10/h3,5,7,9-10,12H,2,4,6,8H2,1H3. The predicted molar refractivity (Wildman–Crippen MR) is 58.3 cm³/mol.